The fourth-order valence-corrected chi connectivity index (χ4v) is 3.62. The SMILES string of the molecule is CN1CCC2(CCCN2Cc2cnn(C)c2)CC1. The van der Waals surface area contributed by atoms with Gasteiger partial charge in [-0.25, -0.2) is 0 Å². The van der Waals surface area contributed by atoms with Crippen LogP contribution in [0.15, 0.2) is 12.4 Å². The molecule has 0 N–H and O–H groups in total. The van der Waals surface area contributed by atoms with Gasteiger partial charge in [-0.1, -0.05) is 0 Å². The van der Waals surface area contributed by atoms with E-state index in [1.165, 1.54) is 50.9 Å². The van der Waals surface area contributed by atoms with E-state index in [1.807, 2.05) is 17.9 Å². The summed E-state index contributed by atoms with van der Waals surface area (Å²) in [6, 6.07) is 0. The van der Waals surface area contributed by atoms with Crippen LogP contribution in [0.3, 0.4) is 0 Å². The molecule has 0 saturated carbocycles. The monoisotopic (exact) mass is 248 g/mol. The molecule has 4 heteroatoms. The van der Waals surface area contributed by atoms with Crippen molar-refractivity contribution in [1.82, 2.24) is 19.6 Å². The van der Waals surface area contributed by atoms with Crippen LogP contribution in [0.5, 0.6) is 0 Å². The van der Waals surface area contributed by atoms with Gasteiger partial charge in [0.1, 0.15) is 0 Å². The third-order valence-electron chi connectivity index (χ3n) is 4.79. The lowest BCUT2D eigenvalue weighted by atomic mass is 9.85. The number of aryl methyl sites for hydroxylation is 1. The molecule has 0 unspecified atom stereocenters. The molecule has 0 atom stereocenters. The van der Waals surface area contributed by atoms with Crippen LogP contribution >= 0.6 is 0 Å². The van der Waals surface area contributed by atoms with E-state index >= 15 is 0 Å². The second-order valence-corrected chi connectivity index (χ2v) is 6.07. The largest absolute Gasteiger partial charge is 0.306 e. The molecular formula is C14H24N4. The summed E-state index contributed by atoms with van der Waals surface area (Å²) in [6.45, 7) is 4.85. The quantitative estimate of drug-likeness (QED) is 0.792. The highest BCUT2D eigenvalue weighted by Crippen LogP contribution is 2.38. The normalized spacial score (nSPS) is 25.0. The number of aromatic nitrogens is 2. The summed E-state index contributed by atoms with van der Waals surface area (Å²) >= 11 is 0. The smallest absolute Gasteiger partial charge is 0.0534 e. The maximum Gasteiger partial charge on any atom is 0.0534 e. The maximum atomic E-state index is 4.29. The highest BCUT2D eigenvalue weighted by Gasteiger charge is 2.42. The molecule has 1 spiro atoms. The van der Waals surface area contributed by atoms with Gasteiger partial charge < -0.3 is 4.90 Å². The summed E-state index contributed by atoms with van der Waals surface area (Å²) in [7, 11) is 4.24. The summed E-state index contributed by atoms with van der Waals surface area (Å²) in [5, 5.41) is 4.29. The standard InChI is InChI=1S/C14H24N4/c1-16-8-5-14(6-9-16)4-3-7-18(14)12-13-10-15-17(2)11-13/h10-11H,3-9,12H2,1-2H3. The lowest BCUT2D eigenvalue weighted by molar-refractivity contribution is 0.0568. The van der Waals surface area contributed by atoms with Gasteiger partial charge in [0.05, 0.1) is 6.20 Å². The zero-order chi connectivity index (χ0) is 12.6. The Morgan fingerprint density at radius 1 is 1.17 bits per heavy atom. The second-order valence-electron chi connectivity index (χ2n) is 6.07. The van der Waals surface area contributed by atoms with Crippen molar-refractivity contribution in [3.05, 3.63) is 18.0 Å². The van der Waals surface area contributed by atoms with Crippen LogP contribution in [-0.4, -0.2) is 51.8 Å². The Morgan fingerprint density at radius 3 is 2.61 bits per heavy atom. The lowest BCUT2D eigenvalue weighted by Gasteiger charge is -2.44. The molecule has 18 heavy (non-hydrogen) atoms. The van der Waals surface area contributed by atoms with Crippen molar-refractivity contribution in [1.29, 1.82) is 0 Å². The van der Waals surface area contributed by atoms with Crippen molar-refractivity contribution in [3.8, 4) is 0 Å². The Labute approximate surface area is 110 Å². The van der Waals surface area contributed by atoms with Crippen molar-refractivity contribution < 1.29 is 0 Å². The molecule has 0 bridgehead atoms. The average molecular weight is 248 g/mol. The highest BCUT2D eigenvalue weighted by molar-refractivity contribution is 5.07. The van der Waals surface area contributed by atoms with Gasteiger partial charge >= 0.3 is 0 Å². The number of likely N-dealkylation sites (tertiary alicyclic amines) is 2. The van der Waals surface area contributed by atoms with Crippen LogP contribution in [-0.2, 0) is 13.6 Å². The lowest BCUT2D eigenvalue weighted by Crippen LogP contribution is -2.50. The Hall–Kier alpha value is -0.870. The van der Waals surface area contributed by atoms with E-state index in [0.29, 0.717) is 5.54 Å². The van der Waals surface area contributed by atoms with Crippen molar-refractivity contribution in [2.75, 3.05) is 26.7 Å². The summed E-state index contributed by atoms with van der Waals surface area (Å²) in [6.07, 6.45) is 9.60. The van der Waals surface area contributed by atoms with Gasteiger partial charge in [-0.2, -0.15) is 5.10 Å². The number of rotatable bonds is 2. The first-order chi connectivity index (χ1) is 8.68. The Balaban J connectivity index is 1.71. The maximum absolute atomic E-state index is 4.29. The molecule has 1 aromatic rings. The third kappa shape index (κ3) is 2.19. The Kier molecular flexibility index (Phi) is 3.16. The number of piperidine rings is 1. The van der Waals surface area contributed by atoms with Crippen molar-refractivity contribution >= 4 is 0 Å². The van der Waals surface area contributed by atoms with Gasteiger partial charge in [-0.3, -0.25) is 9.58 Å². The van der Waals surface area contributed by atoms with Gasteiger partial charge in [0, 0.05) is 30.9 Å². The molecular weight excluding hydrogens is 224 g/mol. The highest BCUT2D eigenvalue weighted by atomic mass is 15.3. The van der Waals surface area contributed by atoms with Crippen molar-refractivity contribution in [2.45, 2.75) is 37.8 Å². The van der Waals surface area contributed by atoms with E-state index < -0.39 is 0 Å². The Morgan fingerprint density at radius 2 is 1.94 bits per heavy atom. The van der Waals surface area contributed by atoms with Crippen LogP contribution in [0.25, 0.3) is 0 Å². The molecule has 0 amide bonds. The van der Waals surface area contributed by atoms with E-state index in [1.54, 1.807) is 0 Å². The van der Waals surface area contributed by atoms with Crippen molar-refractivity contribution in [3.63, 3.8) is 0 Å². The minimum absolute atomic E-state index is 0.488. The van der Waals surface area contributed by atoms with Crippen LogP contribution < -0.4 is 0 Å². The number of hydrogen-bond acceptors (Lipinski definition) is 3. The number of hydrogen-bond donors (Lipinski definition) is 0. The molecule has 2 aliphatic heterocycles. The topological polar surface area (TPSA) is 24.3 Å². The minimum Gasteiger partial charge on any atom is -0.306 e. The van der Waals surface area contributed by atoms with E-state index in [2.05, 4.69) is 28.1 Å². The van der Waals surface area contributed by atoms with Crippen LogP contribution in [0.2, 0.25) is 0 Å². The van der Waals surface area contributed by atoms with Gasteiger partial charge in [-0.05, 0) is 52.4 Å². The zero-order valence-electron chi connectivity index (χ0n) is 11.6. The molecule has 0 aromatic carbocycles. The second kappa shape index (κ2) is 4.67. The van der Waals surface area contributed by atoms with Crippen LogP contribution in [0.1, 0.15) is 31.2 Å². The zero-order valence-corrected chi connectivity index (χ0v) is 11.6. The molecule has 0 aliphatic carbocycles. The summed E-state index contributed by atoms with van der Waals surface area (Å²) in [5.74, 6) is 0. The molecule has 3 heterocycles. The Bertz CT molecular complexity index is 404. The van der Waals surface area contributed by atoms with Crippen molar-refractivity contribution in [2.24, 2.45) is 7.05 Å². The first kappa shape index (κ1) is 12.2. The first-order valence-electron chi connectivity index (χ1n) is 7.09. The van der Waals surface area contributed by atoms with Crippen LogP contribution in [0.4, 0.5) is 0 Å². The molecule has 1 aromatic heterocycles. The number of nitrogens with zero attached hydrogens (tertiary/aromatic N) is 4. The molecule has 100 valence electrons. The average Bonchev–Trinajstić information content (AvgIpc) is 2.92. The molecule has 3 rings (SSSR count). The molecule has 4 nitrogen and oxygen atoms in total. The third-order valence-corrected chi connectivity index (χ3v) is 4.79. The van der Waals surface area contributed by atoms with E-state index in [0.717, 1.165) is 6.54 Å². The predicted octanol–water partition coefficient (Wildman–Crippen LogP) is 1.48. The first-order valence-corrected chi connectivity index (χ1v) is 7.09. The van der Waals surface area contributed by atoms with Gasteiger partial charge in [0.2, 0.25) is 0 Å². The van der Waals surface area contributed by atoms with Crippen LogP contribution in [0, 0.1) is 0 Å². The van der Waals surface area contributed by atoms with E-state index in [-0.39, 0.29) is 0 Å². The molecule has 2 saturated heterocycles. The fourth-order valence-electron chi connectivity index (χ4n) is 3.62. The van der Waals surface area contributed by atoms with Gasteiger partial charge in [0.25, 0.3) is 0 Å². The van der Waals surface area contributed by atoms with E-state index in [4.69, 9.17) is 0 Å². The molecule has 2 aliphatic rings. The van der Waals surface area contributed by atoms with Gasteiger partial charge in [0.15, 0.2) is 0 Å². The molecule has 2 fully saturated rings. The minimum atomic E-state index is 0.488. The fraction of sp³-hybridized carbons (Fsp3) is 0.786. The van der Waals surface area contributed by atoms with Gasteiger partial charge in [-0.15, -0.1) is 0 Å². The molecule has 0 radical (unpaired) electrons. The summed E-state index contributed by atoms with van der Waals surface area (Å²) in [5.41, 5.74) is 1.85. The summed E-state index contributed by atoms with van der Waals surface area (Å²) in [4.78, 5) is 5.18. The van der Waals surface area contributed by atoms with E-state index in [9.17, 15) is 0 Å². The predicted molar refractivity (Wildman–Crippen MR) is 72.3 cm³/mol. The summed E-state index contributed by atoms with van der Waals surface area (Å²) < 4.78 is 1.91.